The fraction of sp³-hybridized carbons (Fsp3) is 0.444. The van der Waals surface area contributed by atoms with Gasteiger partial charge in [0.2, 0.25) is 5.95 Å². The van der Waals surface area contributed by atoms with E-state index in [-0.39, 0.29) is 36.5 Å². The van der Waals surface area contributed by atoms with Gasteiger partial charge >= 0.3 is 6.18 Å². The number of aromatic amines is 1. The molecule has 10 nitrogen and oxygen atoms in total. The summed E-state index contributed by atoms with van der Waals surface area (Å²) < 4.78 is 41.1. The van der Waals surface area contributed by atoms with Crippen LogP contribution in [0.2, 0.25) is 0 Å². The highest BCUT2D eigenvalue weighted by Gasteiger charge is 2.62. The van der Waals surface area contributed by atoms with Crippen LogP contribution >= 0.6 is 0 Å². The minimum absolute atomic E-state index is 0.152. The van der Waals surface area contributed by atoms with Crippen molar-refractivity contribution >= 4 is 11.4 Å². The number of hydrogen-bond donors (Lipinski definition) is 2. The molecule has 5 heterocycles. The SMILES string of the molecule is Cc1c(C(=O)N2CC(N3CC(O)(C(F)(F)F)C3)C2)cnn1-c1nn2cccc2c(=O)[nH]1. The van der Waals surface area contributed by atoms with Crippen molar-refractivity contribution in [1.82, 2.24) is 34.2 Å². The van der Waals surface area contributed by atoms with Crippen LogP contribution in [0, 0.1) is 6.92 Å². The molecule has 3 aromatic rings. The van der Waals surface area contributed by atoms with E-state index in [1.807, 2.05) is 0 Å². The summed E-state index contributed by atoms with van der Waals surface area (Å²) in [6.45, 7) is 1.22. The van der Waals surface area contributed by atoms with E-state index in [9.17, 15) is 27.9 Å². The summed E-state index contributed by atoms with van der Waals surface area (Å²) in [5.74, 6) is -0.158. The van der Waals surface area contributed by atoms with Gasteiger partial charge in [0.1, 0.15) is 5.52 Å². The number of amides is 1. The maximum absolute atomic E-state index is 12.8. The van der Waals surface area contributed by atoms with Crippen LogP contribution in [0.1, 0.15) is 16.1 Å². The Morgan fingerprint density at radius 3 is 2.71 bits per heavy atom. The number of aromatic nitrogens is 5. The Morgan fingerprint density at radius 1 is 1.32 bits per heavy atom. The first-order valence-corrected chi connectivity index (χ1v) is 9.52. The third kappa shape index (κ3) is 2.95. The smallest absolute Gasteiger partial charge is 0.378 e. The average Bonchev–Trinajstić information content (AvgIpc) is 3.24. The molecular weight excluding hydrogens is 419 g/mol. The number of carbonyl (C=O) groups is 1. The molecule has 31 heavy (non-hydrogen) atoms. The summed E-state index contributed by atoms with van der Waals surface area (Å²) in [6.07, 6.45) is -1.67. The molecule has 0 saturated carbocycles. The first-order valence-electron chi connectivity index (χ1n) is 9.52. The van der Waals surface area contributed by atoms with Gasteiger partial charge in [0.15, 0.2) is 5.60 Å². The van der Waals surface area contributed by atoms with Gasteiger partial charge in [0.05, 0.1) is 17.5 Å². The van der Waals surface area contributed by atoms with E-state index in [0.29, 0.717) is 16.8 Å². The summed E-state index contributed by atoms with van der Waals surface area (Å²) in [6, 6.07) is 3.07. The van der Waals surface area contributed by atoms with Gasteiger partial charge in [-0.2, -0.15) is 18.3 Å². The first kappa shape index (κ1) is 19.8. The Bertz CT molecular complexity index is 1230. The highest BCUT2D eigenvalue weighted by atomic mass is 19.4. The molecule has 164 valence electrons. The lowest BCUT2D eigenvalue weighted by Gasteiger charge is -2.55. The van der Waals surface area contributed by atoms with Crippen molar-refractivity contribution in [3.63, 3.8) is 0 Å². The summed E-state index contributed by atoms with van der Waals surface area (Å²) in [7, 11) is 0. The van der Waals surface area contributed by atoms with Crippen molar-refractivity contribution in [2.75, 3.05) is 26.2 Å². The minimum atomic E-state index is -4.66. The molecule has 2 fully saturated rings. The third-order valence-electron chi connectivity index (χ3n) is 5.95. The number of hydrogen-bond acceptors (Lipinski definition) is 6. The molecule has 0 aromatic carbocycles. The fourth-order valence-corrected chi connectivity index (χ4v) is 3.95. The Hall–Kier alpha value is -3.19. The second kappa shape index (κ2) is 6.40. The summed E-state index contributed by atoms with van der Waals surface area (Å²) in [5.41, 5.74) is -1.86. The number of aliphatic hydroxyl groups is 1. The summed E-state index contributed by atoms with van der Waals surface area (Å²) >= 11 is 0. The third-order valence-corrected chi connectivity index (χ3v) is 5.95. The number of nitrogens with zero attached hydrogens (tertiary/aromatic N) is 6. The second-order valence-electron chi connectivity index (χ2n) is 7.97. The predicted octanol–water partition coefficient (Wildman–Crippen LogP) is -0.0499. The first-order chi connectivity index (χ1) is 14.6. The van der Waals surface area contributed by atoms with Crippen molar-refractivity contribution in [3.05, 3.63) is 46.1 Å². The molecule has 0 aliphatic carbocycles. The van der Waals surface area contributed by atoms with Crippen molar-refractivity contribution in [2.24, 2.45) is 0 Å². The van der Waals surface area contributed by atoms with Gasteiger partial charge < -0.3 is 10.0 Å². The standard InChI is InChI=1S/C18H18F3N7O3/c1-10-12(5-22-28(10)16-23-14(29)13-3-2-4-27(13)24-16)15(30)25-6-11(7-25)26-8-17(31,9-26)18(19,20)21/h2-5,11,31H,6-9H2,1H3,(H,23,24,29). The summed E-state index contributed by atoms with van der Waals surface area (Å²) in [5, 5.41) is 18.0. The molecule has 5 rings (SSSR count). The quantitative estimate of drug-likeness (QED) is 0.595. The number of H-pyrrole nitrogens is 1. The normalized spacial score (nSPS) is 19.5. The molecule has 1 amide bonds. The van der Waals surface area contributed by atoms with Gasteiger partial charge in [-0.15, -0.1) is 5.10 Å². The highest BCUT2D eigenvalue weighted by molar-refractivity contribution is 5.95. The van der Waals surface area contributed by atoms with Crippen LogP contribution in [-0.4, -0.2) is 89.2 Å². The lowest BCUT2D eigenvalue weighted by Crippen LogP contribution is -2.75. The largest absolute Gasteiger partial charge is 0.419 e. The lowest BCUT2D eigenvalue weighted by atomic mass is 9.89. The minimum Gasteiger partial charge on any atom is -0.378 e. The second-order valence-corrected chi connectivity index (χ2v) is 7.97. The molecule has 0 unspecified atom stereocenters. The highest BCUT2D eigenvalue weighted by Crippen LogP contribution is 2.39. The van der Waals surface area contributed by atoms with Crippen molar-refractivity contribution in [3.8, 4) is 5.95 Å². The van der Waals surface area contributed by atoms with Crippen molar-refractivity contribution < 1.29 is 23.1 Å². The monoisotopic (exact) mass is 437 g/mol. The molecule has 13 heteroatoms. The number of β-amino-alcohol motifs (C(OH)–C–C–N with tert-alkyl or cyclic N) is 1. The van der Waals surface area contributed by atoms with Crippen molar-refractivity contribution in [1.29, 1.82) is 0 Å². The number of carbonyl (C=O) groups excluding carboxylic acids is 1. The number of likely N-dealkylation sites (tertiary alicyclic amines) is 2. The van der Waals surface area contributed by atoms with Gasteiger partial charge in [0.25, 0.3) is 11.5 Å². The predicted molar refractivity (Wildman–Crippen MR) is 99.9 cm³/mol. The van der Waals surface area contributed by atoms with Crippen LogP contribution in [-0.2, 0) is 0 Å². The summed E-state index contributed by atoms with van der Waals surface area (Å²) in [4.78, 5) is 30.6. The number of fused-ring (bicyclic) bond motifs is 1. The maximum Gasteiger partial charge on any atom is 0.419 e. The molecule has 0 bridgehead atoms. The van der Waals surface area contributed by atoms with Crippen LogP contribution < -0.4 is 5.56 Å². The van der Waals surface area contributed by atoms with Gasteiger partial charge in [-0.3, -0.25) is 19.5 Å². The van der Waals surface area contributed by atoms with Crippen LogP contribution in [0.4, 0.5) is 13.2 Å². The van der Waals surface area contributed by atoms with Gasteiger partial charge in [-0.05, 0) is 19.1 Å². The van der Waals surface area contributed by atoms with E-state index in [1.54, 1.807) is 25.3 Å². The van der Waals surface area contributed by atoms with E-state index in [2.05, 4.69) is 15.2 Å². The molecule has 2 N–H and O–H groups in total. The zero-order chi connectivity index (χ0) is 22.1. The van der Waals surface area contributed by atoms with Crippen LogP contribution in [0.3, 0.4) is 0 Å². The lowest BCUT2D eigenvalue weighted by molar-refractivity contribution is -0.308. The van der Waals surface area contributed by atoms with E-state index in [1.165, 1.54) is 25.2 Å². The number of rotatable bonds is 3. The molecule has 3 aromatic heterocycles. The number of halogens is 3. The van der Waals surface area contributed by atoms with Gasteiger partial charge in [0, 0.05) is 38.4 Å². The van der Waals surface area contributed by atoms with Crippen LogP contribution in [0.15, 0.2) is 29.3 Å². The Morgan fingerprint density at radius 2 is 2.03 bits per heavy atom. The zero-order valence-electron chi connectivity index (χ0n) is 16.3. The fourth-order valence-electron chi connectivity index (χ4n) is 3.95. The van der Waals surface area contributed by atoms with E-state index in [0.717, 1.165) is 0 Å². The van der Waals surface area contributed by atoms with Crippen molar-refractivity contribution in [2.45, 2.75) is 24.7 Å². The van der Waals surface area contributed by atoms with Gasteiger partial charge in [-0.25, -0.2) is 9.20 Å². The molecule has 0 radical (unpaired) electrons. The molecule has 0 spiro atoms. The number of alkyl halides is 3. The molecular formula is C18H18F3N7O3. The number of nitrogens with one attached hydrogen (secondary N) is 1. The average molecular weight is 437 g/mol. The molecule has 2 aliphatic rings. The van der Waals surface area contributed by atoms with Crippen LogP contribution in [0.25, 0.3) is 11.5 Å². The molecule has 0 atom stereocenters. The topological polar surface area (TPSA) is 112 Å². The Kier molecular flexibility index (Phi) is 4.08. The van der Waals surface area contributed by atoms with E-state index < -0.39 is 24.9 Å². The molecule has 2 saturated heterocycles. The Labute approximate surface area is 172 Å². The van der Waals surface area contributed by atoms with Gasteiger partial charge in [-0.1, -0.05) is 0 Å². The van der Waals surface area contributed by atoms with Crippen LogP contribution in [0.5, 0.6) is 0 Å². The maximum atomic E-state index is 12.8. The van der Waals surface area contributed by atoms with E-state index >= 15 is 0 Å². The molecule has 2 aliphatic heterocycles. The zero-order valence-corrected chi connectivity index (χ0v) is 16.3. The van der Waals surface area contributed by atoms with E-state index in [4.69, 9.17) is 0 Å². The Balaban J connectivity index is 1.28.